The van der Waals surface area contributed by atoms with Crippen LogP contribution in [0.1, 0.15) is 36.5 Å². The third-order valence-electron chi connectivity index (χ3n) is 4.28. The lowest BCUT2D eigenvalue weighted by atomic mass is 9.99. The molecule has 0 atom stereocenters. The van der Waals surface area contributed by atoms with Crippen LogP contribution < -0.4 is 0 Å². The van der Waals surface area contributed by atoms with Gasteiger partial charge in [0.05, 0.1) is 0 Å². The molecule has 0 heterocycles. The number of aromatic hydroxyl groups is 2. The van der Waals surface area contributed by atoms with Gasteiger partial charge in [-0.3, -0.25) is 4.99 Å². The maximum Gasteiger partial charge on any atom is 0.144 e. The van der Waals surface area contributed by atoms with E-state index in [1.54, 1.807) is 12.3 Å². The number of benzene rings is 3. The Morgan fingerprint density at radius 2 is 1.71 bits per heavy atom. The van der Waals surface area contributed by atoms with Crippen molar-refractivity contribution in [2.45, 2.75) is 26.7 Å². The van der Waals surface area contributed by atoms with Crippen molar-refractivity contribution in [3.8, 4) is 11.5 Å². The maximum atomic E-state index is 10.5. The largest absolute Gasteiger partial charge is 0.507 e. The molecule has 2 N–H and O–H groups in total. The number of hydrogen-bond acceptors (Lipinski definition) is 3. The van der Waals surface area contributed by atoms with E-state index < -0.39 is 0 Å². The Kier molecular flexibility index (Phi) is 4.26. The van der Waals surface area contributed by atoms with Crippen molar-refractivity contribution in [2.75, 3.05) is 0 Å². The number of aliphatic imine (C=N–C) groups is 1. The number of phenols is 2. The quantitative estimate of drug-likeness (QED) is 0.632. The highest BCUT2D eigenvalue weighted by atomic mass is 16.3. The second kappa shape index (κ2) is 6.36. The lowest BCUT2D eigenvalue weighted by Gasteiger charge is -2.12. The molecule has 0 saturated carbocycles. The van der Waals surface area contributed by atoms with Crippen LogP contribution in [0.25, 0.3) is 10.8 Å². The molecule has 3 nitrogen and oxygen atoms in total. The summed E-state index contributed by atoms with van der Waals surface area (Å²) in [5, 5.41) is 22.7. The topological polar surface area (TPSA) is 52.8 Å². The van der Waals surface area contributed by atoms with Crippen LogP contribution in [-0.2, 0) is 0 Å². The smallest absolute Gasteiger partial charge is 0.144 e. The van der Waals surface area contributed by atoms with Gasteiger partial charge in [-0.25, -0.2) is 0 Å². The zero-order valence-corrected chi connectivity index (χ0v) is 14.1. The standard InChI is InChI=1S/C21H21NO2/c1-13(2)16-10-8-14(3)20(21(16)24)22-12-18-17-7-5-4-6-15(17)9-11-19(18)23/h4-13,23-24H,1-3H3. The molecule has 0 bridgehead atoms. The van der Waals surface area contributed by atoms with Gasteiger partial charge in [0.2, 0.25) is 0 Å². The number of phenolic OH excluding ortho intramolecular Hbond substituents is 2. The van der Waals surface area contributed by atoms with Crippen LogP contribution in [0, 0.1) is 6.92 Å². The predicted octanol–water partition coefficient (Wildman–Crippen LogP) is 5.43. The average Bonchev–Trinajstić information content (AvgIpc) is 2.56. The molecule has 0 aliphatic carbocycles. The molecule has 0 aliphatic heterocycles. The summed E-state index contributed by atoms with van der Waals surface area (Å²) in [6.07, 6.45) is 1.63. The molecule has 0 amide bonds. The Hall–Kier alpha value is -2.81. The maximum absolute atomic E-state index is 10.5. The summed E-state index contributed by atoms with van der Waals surface area (Å²) in [7, 11) is 0. The predicted molar refractivity (Wildman–Crippen MR) is 99.8 cm³/mol. The van der Waals surface area contributed by atoms with Crippen LogP contribution >= 0.6 is 0 Å². The molecular weight excluding hydrogens is 298 g/mol. The molecule has 0 fully saturated rings. The highest BCUT2D eigenvalue weighted by molar-refractivity contribution is 6.03. The second-order valence-electron chi connectivity index (χ2n) is 6.30. The normalized spacial score (nSPS) is 11.7. The fraction of sp³-hybridized carbons (Fsp3) is 0.190. The van der Waals surface area contributed by atoms with Gasteiger partial charge in [0.15, 0.2) is 0 Å². The van der Waals surface area contributed by atoms with Crippen LogP contribution in [0.4, 0.5) is 5.69 Å². The van der Waals surface area contributed by atoms with Gasteiger partial charge in [-0.15, -0.1) is 0 Å². The van der Waals surface area contributed by atoms with Crippen molar-refractivity contribution >= 4 is 22.7 Å². The summed E-state index contributed by atoms with van der Waals surface area (Å²) in [5.41, 5.74) is 2.97. The third-order valence-corrected chi connectivity index (χ3v) is 4.28. The number of rotatable bonds is 3. The number of hydrogen-bond donors (Lipinski definition) is 2. The van der Waals surface area contributed by atoms with Crippen molar-refractivity contribution < 1.29 is 10.2 Å². The summed E-state index contributed by atoms with van der Waals surface area (Å²) >= 11 is 0. The van der Waals surface area contributed by atoms with Gasteiger partial charge in [0.25, 0.3) is 0 Å². The molecular formula is C21H21NO2. The van der Waals surface area contributed by atoms with Crippen molar-refractivity contribution in [3.63, 3.8) is 0 Å². The lowest BCUT2D eigenvalue weighted by Crippen LogP contribution is -1.91. The zero-order valence-electron chi connectivity index (χ0n) is 14.1. The van der Waals surface area contributed by atoms with E-state index in [0.717, 1.165) is 21.9 Å². The minimum Gasteiger partial charge on any atom is -0.507 e. The fourth-order valence-electron chi connectivity index (χ4n) is 2.87. The Morgan fingerprint density at radius 1 is 0.958 bits per heavy atom. The first-order valence-corrected chi connectivity index (χ1v) is 8.06. The molecule has 24 heavy (non-hydrogen) atoms. The monoisotopic (exact) mass is 319 g/mol. The van der Waals surface area contributed by atoms with E-state index in [1.807, 2.05) is 63.2 Å². The Balaban J connectivity index is 2.13. The summed E-state index contributed by atoms with van der Waals surface area (Å²) in [6, 6.07) is 15.3. The molecule has 0 radical (unpaired) electrons. The third kappa shape index (κ3) is 2.85. The first-order chi connectivity index (χ1) is 11.5. The Morgan fingerprint density at radius 3 is 2.46 bits per heavy atom. The first kappa shape index (κ1) is 16.1. The summed E-state index contributed by atoms with van der Waals surface area (Å²) in [4.78, 5) is 4.49. The summed E-state index contributed by atoms with van der Waals surface area (Å²) in [5.74, 6) is 0.598. The highest BCUT2D eigenvalue weighted by Crippen LogP contribution is 2.37. The van der Waals surface area contributed by atoms with Gasteiger partial charge in [-0.2, -0.15) is 0 Å². The molecule has 0 spiro atoms. The Labute approximate surface area is 141 Å². The van der Waals surface area contributed by atoms with Gasteiger partial charge in [0.1, 0.15) is 17.2 Å². The molecule has 3 aromatic carbocycles. The van der Waals surface area contributed by atoms with E-state index in [4.69, 9.17) is 0 Å². The SMILES string of the molecule is Cc1ccc(C(C)C)c(O)c1N=Cc1c(O)ccc2ccccc12. The second-order valence-corrected chi connectivity index (χ2v) is 6.30. The van der Waals surface area contributed by atoms with E-state index in [1.165, 1.54) is 0 Å². The van der Waals surface area contributed by atoms with Gasteiger partial charge < -0.3 is 10.2 Å². The summed E-state index contributed by atoms with van der Waals surface area (Å²) in [6.45, 7) is 5.99. The molecule has 3 heteroatoms. The van der Waals surface area contributed by atoms with Crippen LogP contribution in [0.5, 0.6) is 11.5 Å². The van der Waals surface area contributed by atoms with E-state index in [-0.39, 0.29) is 17.4 Å². The summed E-state index contributed by atoms with van der Waals surface area (Å²) < 4.78 is 0. The average molecular weight is 319 g/mol. The van der Waals surface area contributed by atoms with Crippen molar-refractivity contribution in [1.82, 2.24) is 0 Å². The highest BCUT2D eigenvalue weighted by Gasteiger charge is 2.12. The van der Waals surface area contributed by atoms with Crippen LogP contribution in [0.3, 0.4) is 0 Å². The lowest BCUT2D eigenvalue weighted by molar-refractivity contribution is 0.466. The first-order valence-electron chi connectivity index (χ1n) is 8.06. The van der Waals surface area contributed by atoms with Crippen molar-refractivity contribution in [2.24, 2.45) is 4.99 Å². The van der Waals surface area contributed by atoms with Gasteiger partial charge in [0, 0.05) is 11.8 Å². The van der Waals surface area contributed by atoms with Crippen LogP contribution in [0.2, 0.25) is 0 Å². The van der Waals surface area contributed by atoms with Crippen LogP contribution in [-0.4, -0.2) is 16.4 Å². The number of fused-ring (bicyclic) bond motifs is 1. The number of aryl methyl sites for hydroxylation is 1. The van der Waals surface area contributed by atoms with Gasteiger partial charge >= 0.3 is 0 Å². The molecule has 0 aromatic heterocycles. The van der Waals surface area contributed by atoms with Crippen molar-refractivity contribution in [3.05, 3.63) is 65.2 Å². The van der Waals surface area contributed by atoms with Crippen molar-refractivity contribution in [1.29, 1.82) is 0 Å². The van der Waals surface area contributed by atoms with E-state index in [2.05, 4.69) is 4.99 Å². The molecule has 122 valence electrons. The van der Waals surface area contributed by atoms with E-state index in [0.29, 0.717) is 11.3 Å². The van der Waals surface area contributed by atoms with Gasteiger partial charge in [-0.1, -0.05) is 56.3 Å². The van der Waals surface area contributed by atoms with Gasteiger partial charge in [-0.05, 0) is 40.8 Å². The van der Waals surface area contributed by atoms with E-state index >= 15 is 0 Å². The minimum atomic E-state index is 0.176. The molecule has 0 aliphatic rings. The van der Waals surface area contributed by atoms with E-state index in [9.17, 15) is 10.2 Å². The fourth-order valence-corrected chi connectivity index (χ4v) is 2.87. The molecule has 3 rings (SSSR count). The number of nitrogens with zero attached hydrogens (tertiary/aromatic N) is 1. The molecule has 3 aromatic rings. The molecule has 0 unspecified atom stereocenters. The Bertz CT molecular complexity index is 927. The molecule has 0 saturated heterocycles. The minimum absolute atomic E-state index is 0.176. The van der Waals surface area contributed by atoms with Crippen LogP contribution in [0.15, 0.2) is 53.5 Å². The zero-order chi connectivity index (χ0) is 17.3.